The summed E-state index contributed by atoms with van der Waals surface area (Å²) in [6.45, 7) is 0.325. The highest BCUT2D eigenvalue weighted by atomic mass is 19.1. The molecule has 0 bridgehead atoms. The van der Waals surface area contributed by atoms with Crippen LogP contribution in [0.1, 0.15) is 5.56 Å². The van der Waals surface area contributed by atoms with Crippen LogP contribution in [-0.4, -0.2) is 25.2 Å². The molecule has 0 saturated heterocycles. The number of ether oxygens (including phenoxy) is 2. The second-order valence-electron chi connectivity index (χ2n) is 5.10. The molecule has 0 fully saturated rings. The molecule has 2 aromatic carbocycles. The minimum Gasteiger partial charge on any atom is -0.488 e. The van der Waals surface area contributed by atoms with Gasteiger partial charge >= 0.3 is 0 Å². The van der Waals surface area contributed by atoms with Crippen LogP contribution in [0.4, 0.5) is 4.39 Å². The zero-order valence-corrected chi connectivity index (χ0v) is 11.9. The van der Waals surface area contributed by atoms with Crippen molar-refractivity contribution in [3.63, 3.8) is 0 Å². The molecule has 1 heterocycles. The molecule has 1 aliphatic heterocycles. The average Bonchev–Trinajstić information content (AvgIpc) is 2.95. The molecular weight excluding hydrogens is 285 g/mol. The molecule has 5 heteroatoms. The van der Waals surface area contributed by atoms with E-state index in [0.29, 0.717) is 12.3 Å². The van der Waals surface area contributed by atoms with Crippen molar-refractivity contribution in [1.82, 2.24) is 5.32 Å². The van der Waals surface area contributed by atoms with Gasteiger partial charge in [0.1, 0.15) is 23.4 Å². The fourth-order valence-corrected chi connectivity index (χ4v) is 2.33. The van der Waals surface area contributed by atoms with Gasteiger partial charge in [0.25, 0.3) is 5.91 Å². The van der Waals surface area contributed by atoms with Crippen LogP contribution in [0, 0.1) is 5.82 Å². The number of carbonyl (C=O) groups excluding carboxylic acids is 1. The van der Waals surface area contributed by atoms with Crippen molar-refractivity contribution < 1.29 is 18.7 Å². The monoisotopic (exact) mass is 301 g/mol. The van der Waals surface area contributed by atoms with Crippen LogP contribution in [0.15, 0.2) is 48.5 Å². The SMILES string of the molecule is O=C(COc1ccc(F)cc1)NCC1Cc2ccccc2O1. The lowest BCUT2D eigenvalue weighted by Gasteiger charge is -2.12. The van der Waals surface area contributed by atoms with E-state index in [9.17, 15) is 9.18 Å². The summed E-state index contributed by atoms with van der Waals surface area (Å²) in [7, 11) is 0. The second-order valence-corrected chi connectivity index (χ2v) is 5.10. The van der Waals surface area contributed by atoms with Gasteiger partial charge in [-0.15, -0.1) is 0 Å². The zero-order chi connectivity index (χ0) is 15.4. The van der Waals surface area contributed by atoms with Crippen molar-refractivity contribution in [1.29, 1.82) is 0 Å². The smallest absolute Gasteiger partial charge is 0.258 e. The lowest BCUT2D eigenvalue weighted by Crippen LogP contribution is -2.37. The molecule has 0 radical (unpaired) electrons. The Morgan fingerprint density at radius 3 is 2.77 bits per heavy atom. The first-order valence-corrected chi connectivity index (χ1v) is 7.10. The van der Waals surface area contributed by atoms with Gasteiger partial charge in [0, 0.05) is 6.42 Å². The van der Waals surface area contributed by atoms with Crippen molar-refractivity contribution in [2.75, 3.05) is 13.2 Å². The fourth-order valence-electron chi connectivity index (χ4n) is 2.33. The molecule has 0 aliphatic carbocycles. The molecule has 22 heavy (non-hydrogen) atoms. The van der Waals surface area contributed by atoms with Crippen molar-refractivity contribution in [3.05, 3.63) is 59.9 Å². The van der Waals surface area contributed by atoms with Gasteiger partial charge in [-0.05, 0) is 35.9 Å². The number of hydrogen-bond acceptors (Lipinski definition) is 3. The van der Waals surface area contributed by atoms with Gasteiger partial charge in [0.15, 0.2) is 6.61 Å². The molecule has 1 N–H and O–H groups in total. The Balaban J connectivity index is 1.41. The summed E-state index contributed by atoms with van der Waals surface area (Å²) >= 11 is 0. The maximum atomic E-state index is 12.7. The quantitative estimate of drug-likeness (QED) is 0.922. The second kappa shape index (κ2) is 6.47. The summed E-state index contributed by atoms with van der Waals surface area (Å²) in [5.74, 6) is 0.768. The number of hydrogen-bond donors (Lipinski definition) is 1. The van der Waals surface area contributed by atoms with Gasteiger partial charge in [-0.1, -0.05) is 18.2 Å². The van der Waals surface area contributed by atoms with Crippen molar-refractivity contribution in [3.8, 4) is 11.5 Å². The Morgan fingerprint density at radius 2 is 2.00 bits per heavy atom. The van der Waals surface area contributed by atoms with Crippen LogP contribution in [0.5, 0.6) is 11.5 Å². The maximum Gasteiger partial charge on any atom is 0.258 e. The maximum absolute atomic E-state index is 12.7. The molecule has 2 aromatic rings. The molecule has 3 rings (SSSR count). The molecule has 1 aliphatic rings. The summed E-state index contributed by atoms with van der Waals surface area (Å²) in [5, 5.41) is 2.78. The molecule has 0 aromatic heterocycles. The number of carbonyl (C=O) groups is 1. The number of benzene rings is 2. The number of nitrogens with one attached hydrogen (secondary N) is 1. The van der Waals surface area contributed by atoms with Gasteiger partial charge in [0.05, 0.1) is 6.54 Å². The number of rotatable bonds is 5. The van der Waals surface area contributed by atoms with Crippen LogP contribution >= 0.6 is 0 Å². The van der Waals surface area contributed by atoms with Crippen LogP contribution in [0.3, 0.4) is 0 Å². The largest absolute Gasteiger partial charge is 0.488 e. The van der Waals surface area contributed by atoms with Crippen molar-refractivity contribution in [2.45, 2.75) is 12.5 Å². The Morgan fingerprint density at radius 1 is 1.23 bits per heavy atom. The van der Waals surface area contributed by atoms with Crippen molar-refractivity contribution in [2.24, 2.45) is 0 Å². The Kier molecular flexibility index (Phi) is 4.23. The molecule has 1 amide bonds. The number of fused-ring (bicyclic) bond motifs is 1. The Labute approximate surface area is 127 Å². The van der Waals surface area contributed by atoms with Gasteiger partial charge in [-0.2, -0.15) is 0 Å². The predicted octanol–water partition coefficient (Wildman–Crippen LogP) is 2.32. The fraction of sp³-hybridized carbons (Fsp3) is 0.235. The molecule has 4 nitrogen and oxygen atoms in total. The predicted molar refractivity (Wildman–Crippen MR) is 79.5 cm³/mol. The molecule has 1 unspecified atom stereocenters. The standard InChI is InChI=1S/C17H16FNO3/c18-13-5-7-14(8-6-13)21-11-17(20)19-10-15-9-12-3-1-2-4-16(12)22-15/h1-8,15H,9-11H2,(H,19,20). The number of halogens is 1. The first-order valence-electron chi connectivity index (χ1n) is 7.10. The topological polar surface area (TPSA) is 47.6 Å². The highest BCUT2D eigenvalue weighted by Gasteiger charge is 2.22. The van der Waals surface area contributed by atoms with Crippen molar-refractivity contribution >= 4 is 5.91 Å². The van der Waals surface area contributed by atoms with E-state index in [1.54, 1.807) is 0 Å². The van der Waals surface area contributed by atoms with Gasteiger partial charge in [-0.25, -0.2) is 4.39 Å². The van der Waals surface area contributed by atoms with Crippen LogP contribution in [-0.2, 0) is 11.2 Å². The molecule has 1 atom stereocenters. The van der Waals surface area contributed by atoms with Gasteiger partial charge in [0.2, 0.25) is 0 Å². The van der Waals surface area contributed by atoms with Gasteiger partial charge in [-0.3, -0.25) is 4.79 Å². The highest BCUT2D eigenvalue weighted by Crippen LogP contribution is 2.27. The third-order valence-corrected chi connectivity index (χ3v) is 3.42. The summed E-state index contributed by atoms with van der Waals surface area (Å²) in [6.07, 6.45) is 0.738. The lowest BCUT2D eigenvalue weighted by molar-refractivity contribution is -0.123. The zero-order valence-electron chi connectivity index (χ0n) is 11.9. The van der Waals surface area contributed by atoms with E-state index in [2.05, 4.69) is 5.32 Å². The van der Waals surface area contributed by atoms with E-state index in [1.807, 2.05) is 24.3 Å². The van der Waals surface area contributed by atoms with E-state index >= 15 is 0 Å². The molecular formula is C17H16FNO3. The molecule has 0 saturated carbocycles. The summed E-state index contributed by atoms with van der Waals surface area (Å²) in [5.41, 5.74) is 1.16. The average molecular weight is 301 g/mol. The van der Waals surface area contributed by atoms with E-state index < -0.39 is 0 Å². The van der Waals surface area contributed by atoms with E-state index in [0.717, 1.165) is 17.7 Å². The summed E-state index contributed by atoms with van der Waals surface area (Å²) < 4.78 is 23.8. The number of amides is 1. The molecule has 114 valence electrons. The summed E-state index contributed by atoms with van der Waals surface area (Å²) in [4.78, 5) is 11.7. The van der Waals surface area contributed by atoms with Crippen LogP contribution < -0.4 is 14.8 Å². The van der Waals surface area contributed by atoms with E-state index in [-0.39, 0.29) is 24.4 Å². The Hall–Kier alpha value is -2.56. The van der Waals surface area contributed by atoms with Crippen LogP contribution in [0.2, 0.25) is 0 Å². The third kappa shape index (κ3) is 3.55. The Bertz CT molecular complexity index is 632. The minimum atomic E-state index is -0.338. The summed E-state index contributed by atoms with van der Waals surface area (Å²) in [6, 6.07) is 13.4. The highest BCUT2D eigenvalue weighted by molar-refractivity contribution is 5.77. The first-order chi connectivity index (χ1) is 10.7. The van der Waals surface area contributed by atoms with Crippen LogP contribution in [0.25, 0.3) is 0 Å². The minimum absolute atomic E-state index is 0.0489. The first kappa shape index (κ1) is 14.4. The lowest BCUT2D eigenvalue weighted by atomic mass is 10.1. The molecule has 0 spiro atoms. The number of para-hydroxylation sites is 1. The normalized spacial score (nSPS) is 15.8. The third-order valence-electron chi connectivity index (χ3n) is 3.42. The van der Waals surface area contributed by atoms with Gasteiger partial charge < -0.3 is 14.8 Å². The van der Waals surface area contributed by atoms with E-state index in [1.165, 1.54) is 24.3 Å². The van der Waals surface area contributed by atoms with E-state index in [4.69, 9.17) is 9.47 Å².